The van der Waals surface area contributed by atoms with E-state index in [1.807, 2.05) is 0 Å². The molecule has 1 fully saturated rings. The second-order valence-electron chi connectivity index (χ2n) is 6.62. The van der Waals surface area contributed by atoms with Gasteiger partial charge in [-0.3, -0.25) is 14.4 Å². The molecule has 1 atom stereocenters. The summed E-state index contributed by atoms with van der Waals surface area (Å²) in [5, 5.41) is 9.72. The highest BCUT2D eigenvalue weighted by molar-refractivity contribution is 5.95. The van der Waals surface area contributed by atoms with Crippen molar-refractivity contribution in [2.75, 3.05) is 19.7 Å². The SMILES string of the molecule is O=Cc1ccc(C(=O)N2CCCC(COc3cccc(O)c3C=O)C2)cc1. The Morgan fingerprint density at radius 1 is 1.15 bits per heavy atom. The van der Waals surface area contributed by atoms with Crippen LogP contribution in [-0.4, -0.2) is 48.2 Å². The lowest BCUT2D eigenvalue weighted by Gasteiger charge is -2.32. The van der Waals surface area contributed by atoms with Gasteiger partial charge < -0.3 is 14.7 Å². The van der Waals surface area contributed by atoms with E-state index in [0.717, 1.165) is 19.1 Å². The Kier molecular flexibility index (Phi) is 5.86. The number of carbonyl (C=O) groups excluding carboxylic acids is 3. The molecule has 0 radical (unpaired) electrons. The number of rotatable bonds is 6. The Morgan fingerprint density at radius 3 is 2.63 bits per heavy atom. The van der Waals surface area contributed by atoms with Crippen molar-refractivity contribution in [2.24, 2.45) is 5.92 Å². The van der Waals surface area contributed by atoms with Crippen molar-refractivity contribution in [3.63, 3.8) is 0 Å². The van der Waals surface area contributed by atoms with E-state index in [1.165, 1.54) is 6.07 Å². The first kappa shape index (κ1) is 18.6. The molecule has 1 unspecified atom stereocenters. The molecule has 27 heavy (non-hydrogen) atoms. The summed E-state index contributed by atoms with van der Waals surface area (Å²) in [5.74, 6) is 0.307. The highest BCUT2D eigenvalue weighted by Crippen LogP contribution is 2.27. The molecule has 1 aliphatic rings. The van der Waals surface area contributed by atoms with Crippen LogP contribution in [-0.2, 0) is 0 Å². The van der Waals surface area contributed by atoms with E-state index < -0.39 is 0 Å². The largest absolute Gasteiger partial charge is 0.507 e. The third kappa shape index (κ3) is 4.34. The molecular formula is C21H21NO5. The summed E-state index contributed by atoms with van der Waals surface area (Å²) < 4.78 is 5.74. The van der Waals surface area contributed by atoms with Gasteiger partial charge in [0.1, 0.15) is 17.8 Å². The van der Waals surface area contributed by atoms with Gasteiger partial charge in [0.05, 0.1) is 12.2 Å². The molecular weight excluding hydrogens is 346 g/mol. The van der Waals surface area contributed by atoms with Gasteiger partial charge in [0.2, 0.25) is 0 Å². The summed E-state index contributed by atoms with van der Waals surface area (Å²) in [6.45, 7) is 1.60. The summed E-state index contributed by atoms with van der Waals surface area (Å²) in [7, 11) is 0. The van der Waals surface area contributed by atoms with Crippen molar-refractivity contribution in [3.05, 3.63) is 59.2 Å². The van der Waals surface area contributed by atoms with Crippen LogP contribution in [0.15, 0.2) is 42.5 Å². The molecule has 1 aliphatic heterocycles. The standard InChI is InChI=1S/C21H21NO5/c23-12-15-6-8-17(9-7-15)21(26)22-10-2-3-16(11-22)14-27-20-5-1-4-19(25)18(20)13-24/h1,4-9,12-13,16,25H,2-3,10-11,14H2. The number of amides is 1. The number of phenols is 1. The highest BCUT2D eigenvalue weighted by atomic mass is 16.5. The number of nitrogens with zero attached hydrogens (tertiary/aromatic N) is 1. The Labute approximate surface area is 157 Å². The first-order valence-corrected chi connectivity index (χ1v) is 8.87. The van der Waals surface area contributed by atoms with Gasteiger partial charge in [0.15, 0.2) is 6.29 Å². The zero-order chi connectivity index (χ0) is 19.2. The van der Waals surface area contributed by atoms with Crippen molar-refractivity contribution in [3.8, 4) is 11.5 Å². The van der Waals surface area contributed by atoms with E-state index in [1.54, 1.807) is 41.3 Å². The lowest BCUT2D eigenvalue weighted by molar-refractivity contribution is 0.0633. The first-order chi connectivity index (χ1) is 13.1. The van der Waals surface area contributed by atoms with E-state index in [-0.39, 0.29) is 23.1 Å². The summed E-state index contributed by atoms with van der Waals surface area (Å²) >= 11 is 0. The maximum Gasteiger partial charge on any atom is 0.253 e. The average Bonchev–Trinajstić information content (AvgIpc) is 2.72. The molecule has 140 valence electrons. The molecule has 0 bridgehead atoms. The molecule has 2 aromatic rings. The molecule has 1 heterocycles. The number of phenolic OH excluding ortho intramolecular Hbond substituents is 1. The van der Waals surface area contributed by atoms with Gasteiger partial charge in [-0.25, -0.2) is 0 Å². The van der Waals surface area contributed by atoms with Crippen LogP contribution in [0.1, 0.15) is 43.9 Å². The van der Waals surface area contributed by atoms with Gasteiger partial charge in [-0.15, -0.1) is 0 Å². The first-order valence-electron chi connectivity index (χ1n) is 8.87. The zero-order valence-corrected chi connectivity index (χ0v) is 14.8. The summed E-state index contributed by atoms with van der Waals surface area (Å²) in [6.07, 6.45) is 3.11. The molecule has 0 aliphatic carbocycles. The fourth-order valence-electron chi connectivity index (χ4n) is 3.26. The van der Waals surface area contributed by atoms with Crippen molar-refractivity contribution in [1.29, 1.82) is 0 Å². The maximum atomic E-state index is 12.7. The van der Waals surface area contributed by atoms with Crippen LogP contribution in [0.4, 0.5) is 0 Å². The number of aldehydes is 2. The molecule has 1 saturated heterocycles. The molecule has 6 heteroatoms. The van der Waals surface area contributed by atoms with Crippen molar-refractivity contribution >= 4 is 18.5 Å². The predicted molar refractivity (Wildman–Crippen MR) is 99.4 cm³/mol. The summed E-state index contributed by atoms with van der Waals surface area (Å²) in [6, 6.07) is 11.3. The number of carbonyl (C=O) groups is 3. The molecule has 1 N–H and O–H groups in total. The minimum absolute atomic E-state index is 0.0666. The topological polar surface area (TPSA) is 83.9 Å². The lowest BCUT2D eigenvalue weighted by Crippen LogP contribution is -2.41. The predicted octanol–water partition coefficient (Wildman–Crippen LogP) is 2.95. The van der Waals surface area contributed by atoms with Gasteiger partial charge in [0.25, 0.3) is 5.91 Å². The highest BCUT2D eigenvalue weighted by Gasteiger charge is 2.25. The number of ether oxygens (including phenoxy) is 1. The van der Waals surface area contributed by atoms with Gasteiger partial charge >= 0.3 is 0 Å². The normalized spacial score (nSPS) is 16.6. The van der Waals surface area contributed by atoms with Gasteiger partial charge in [0, 0.05) is 30.1 Å². The van der Waals surface area contributed by atoms with Crippen molar-refractivity contribution < 1.29 is 24.2 Å². The van der Waals surface area contributed by atoms with Crippen molar-refractivity contribution in [2.45, 2.75) is 12.8 Å². The Hall–Kier alpha value is -3.15. The molecule has 6 nitrogen and oxygen atoms in total. The number of hydrogen-bond acceptors (Lipinski definition) is 5. The third-order valence-electron chi connectivity index (χ3n) is 4.74. The number of likely N-dealkylation sites (tertiary alicyclic amines) is 1. The van der Waals surface area contributed by atoms with Gasteiger partial charge in [-0.05, 0) is 37.1 Å². The molecule has 2 aromatic carbocycles. The van der Waals surface area contributed by atoms with Gasteiger partial charge in [-0.1, -0.05) is 18.2 Å². The van der Waals surface area contributed by atoms with E-state index in [9.17, 15) is 19.5 Å². The van der Waals surface area contributed by atoms with Crippen LogP contribution in [0.3, 0.4) is 0 Å². The minimum atomic E-state index is -0.110. The Bertz CT molecular complexity index is 831. The number of piperidine rings is 1. The van der Waals surface area contributed by atoms with E-state index in [0.29, 0.717) is 42.9 Å². The van der Waals surface area contributed by atoms with E-state index in [4.69, 9.17) is 4.74 Å². The second-order valence-corrected chi connectivity index (χ2v) is 6.62. The quantitative estimate of drug-likeness (QED) is 0.794. The van der Waals surface area contributed by atoms with Crippen LogP contribution in [0.25, 0.3) is 0 Å². The lowest BCUT2D eigenvalue weighted by atomic mass is 9.98. The molecule has 0 aromatic heterocycles. The Balaban J connectivity index is 1.62. The molecule has 3 rings (SSSR count). The molecule has 0 saturated carbocycles. The molecule has 1 amide bonds. The summed E-state index contributed by atoms with van der Waals surface area (Å²) in [4.78, 5) is 36.3. The smallest absolute Gasteiger partial charge is 0.253 e. The average molecular weight is 367 g/mol. The third-order valence-corrected chi connectivity index (χ3v) is 4.74. The zero-order valence-electron chi connectivity index (χ0n) is 14.8. The van der Waals surface area contributed by atoms with Gasteiger partial charge in [-0.2, -0.15) is 0 Å². The second kappa shape index (κ2) is 8.49. The number of benzene rings is 2. The van der Waals surface area contributed by atoms with E-state index in [2.05, 4.69) is 0 Å². The van der Waals surface area contributed by atoms with Crippen LogP contribution in [0, 0.1) is 5.92 Å². The Morgan fingerprint density at radius 2 is 1.93 bits per heavy atom. The van der Waals surface area contributed by atoms with Crippen LogP contribution in [0.2, 0.25) is 0 Å². The fourth-order valence-corrected chi connectivity index (χ4v) is 3.26. The fraction of sp³-hybridized carbons (Fsp3) is 0.286. The van der Waals surface area contributed by atoms with E-state index >= 15 is 0 Å². The molecule has 0 spiro atoms. The maximum absolute atomic E-state index is 12.7. The number of aromatic hydroxyl groups is 1. The summed E-state index contributed by atoms with van der Waals surface area (Å²) in [5.41, 5.74) is 1.23. The number of hydrogen-bond donors (Lipinski definition) is 1. The van der Waals surface area contributed by atoms with Crippen molar-refractivity contribution in [1.82, 2.24) is 4.90 Å². The minimum Gasteiger partial charge on any atom is -0.507 e. The van der Waals surface area contributed by atoms with Crippen LogP contribution < -0.4 is 4.74 Å². The monoisotopic (exact) mass is 367 g/mol. The van der Waals surface area contributed by atoms with Crippen LogP contribution >= 0.6 is 0 Å². The van der Waals surface area contributed by atoms with Crippen LogP contribution in [0.5, 0.6) is 11.5 Å².